The molecular weight excluding hydrogens is 392 g/mol. The summed E-state index contributed by atoms with van der Waals surface area (Å²) in [6.45, 7) is 5.11. The number of hydrazine groups is 2. The highest BCUT2D eigenvalue weighted by atomic mass is 32.2. The zero-order valence-corrected chi connectivity index (χ0v) is 16.0. The minimum Gasteiger partial charge on any atom is -0.285 e. The summed E-state index contributed by atoms with van der Waals surface area (Å²) >= 11 is 0. The standard InChI is InChI=1S/C12H18N12O3S/c1-6-13-9(19-16-6)12(5-28(25,26)27)4-23(10-14-7(2)17-20-10)24(22-12)11-15-8(3)18-21-11/h22H,4-5H2,1-3H3,(H,13,16,19)(H,14,17,20)(H,15,18,21)(H,25,26,27). The number of anilines is 2. The summed E-state index contributed by atoms with van der Waals surface area (Å²) in [7, 11) is -4.41. The Hall–Kier alpha value is -3.11. The minimum atomic E-state index is -4.41. The van der Waals surface area contributed by atoms with Gasteiger partial charge >= 0.3 is 0 Å². The number of hydrogen-bond donors (Lipinski definition) is 5. The number of aromatic amines is 3. The normalized spacial score (nSPS) is 20.3. The molecule has 15 nitrogen and oxygen atoms in total. The van der Waals surface area contributed by atoms with Crippen LogP contribution in [0.3, 0.4) is 0 Å². The van der Waals surface area contributed by atoms with Crippen molar-refractivity contribution in [1.29, 1.82) is 0 Å². The number of hydrogen-bond acceptors (Lipinski definition) is 11. The molecule has 0 spiro atoms. The fourth-order valence-corrected chi connectivity index (χ4v) is 3.85. The van der Waals surface area contributed by atoms with Crippen molar-refractivity contribution < 1.29 is 13.0 Å². The van der Waals surface area contributed by atoms with Gasteiger partial charge in [-0.15, -0.1) is 10.2 Å². The highest BCUT2D eigenvalue weighted by molar-refractivity contribution is 7.85. The number of aromatic nitrogens is 9. The lowest BCUT2D eigenvalue weighted by atomic mass is 10.0. The van der Waals surface area contributed by atoms with E-state index in [0.717, 1.165) is 0 Å². The van der Waals surface area contributed by atoms with Gasteiger partial charge in [0.15, 0.2) is 5.82 Å². The lowest BCUT2D eigenvalue weighted by Gasteiger charge is -2.24. The van der Waals surface area contributed by atoms with Gasteiger partial charge in [-0.3, -0.25) is 19.8 Å². The van der Waals surface area contributed by atoms with E-state index >= 15 is 0 Å². The fourth-order valence-electron chi connectivity index (χ4n) is 2.95. The van der Waals surface area contributed by atoms with Gasteiger partial charge in [-0.05, 0) is 20.8 Å². The quantitative estimate of drug-likeness (QED) is 0.305. The van der Waals surface area contributed by atoms with E-state index in [9.17, 15) is 13.0 Å². The van der Waals surface area contributed by atoms with Crippen LogP contribution in [0.2, 0.25) is 0 Å². The predicted molar refractivity (Wildman–Crippen MR) is 94.4 cm³/mol. The van der Waals surface area contributed by atoms with Crippen LogP contribution in [0, 0.1) is 20.8 Å². The van der Waals surface area contributed by atoms with Crippen LogP contribution >= 0.6 is 0 Å². The molecule has 5 N–H and O–H groups in total. The second-order valence-electron chi connectivity index (χ2n) is 6.48. The molecule has 4 heterocycles. The van der Waals surface area contributed by atoms with Gasteiger partial charge in [-0.1, -0.05) is 0 Å². The van der Waals surface area contributed by atoms with Gasteiger partial charge in [-0.2, -0.15) is 34.0 Å². The van der Waals surface area contributed by atoms with E-state index in [1.54, 1.807) is 20.8 Å². The molecule has 1 atom stereocenters. The molecule has 0 radical (unpaired) electrons. The Bertz CT molecular complexity index is 1050. The van der Waals surface area contributed by atoms with Gasteiger partial charge in [0.05, 0.1) is 6.54 Å². The third kappa shape index (κ3) is 3.27. The van der Waals surface area contributed by atoms with Crippen LogP contribution in [0.15, 0.2) is 0 Å². The first-order valence-electron chi connectivity index (χ1n) is 8.13. The van der Waals surface area contributed by atoms with Gasteiger partial charge in [0.1, 0.15) is 28.8 Å². The van der Waals surface area contributed by atoms with Crippen molar-refractivity contribution in [3.05, 3.63) is 23.3 Å². The van der Waals surface area contributed by atoms with Gasteiger partial charge in [0.2, 0.25) is 0 Å². The summed E-state index contributed by atoms with van der Waals surface area (Å²) in [5, 5.41) is 23.4. The molecular formula is C12H18N12O3S. The minimum absolute atomic E-state index is 0.0189. The second kappa shape index (κ2) is 6.21. The number of aryl methyl sites for hydroxylation is 3. The van der Waals surface area contributed by atoms with Crippen molar-refractivity contribution >= 4 is 22.0 Å². The van der Waals surface area contributed by atoms with Gasteiger partial charge in [-0.25, -0.2) is 9.99 Å². The predicted octanol–water partition coefficient (Wildman–Crippen LogP) is -1.50. The molecule has 1 aliphatic heterocycles. The van der Waals surface area contributed by atoms with E-state index < -0.39 is 21.4 Å². The van der Waals surface area contributed by atoms with Gasteiger partial charge in [0, 0.05) is 0 Å². The van der Waals surface area contributed by atoms with Crippen molar-refractivity contribution in [1.82, 2.24) is 51.0 Å². The first kappa shape index (κ1) is 18.3. The van der Waals surface area contributed by atoms with Crippen LogP contribution in [0.25, 0.3) is 0 Å². The van der Waals surface area contributed by atoms with Crippen LogP contribution < -0.4 is 15.6 Å². The van der Waals surface area contributed by atoms with Crippen LogP contribution in [0.5, 0.6) is 0 Å². The lowest BCUT2D eigenvalue weighted by Crippen LogP contribution is -2.51. The molecule has 1 fully saturated rings. The molecule has 0 aliphatic carbocycles. The largest absolute Gasteiger partial charge is 0.285 e. The third-order valence-electron chi connectivity index (χ3n) is 4.03. The Morgan fingerprint density at radius 1 is 0.964 bits per heavy atom. The maximum atomic E-state index is 11.8. The summed E-state index contributed by atoms with van der Waals surface area (Å²) in [5.41, 5.74) is 1.60. The number of rotatable bonds is 5. The first-order valence-corrected chi connectivity index (χ1v) is 9.74. The number of H-pyrrole nitrogens is 3. The van der Waals surface area contributed by atoms with E-state index in [1.165, 1.54) is 10.1 Å². The molecule has 1 saturated heterocycles. The fraction of sp³-hybridized carbons (Fsp3) is 0.500. The lowest BCUT2D eigenvalue weighted by molar-refractivity contribution is 0.398. The Balaban J connectivity index is 1.83. The van der Waals surface area contributed by atoms with Crippen LogP contribution in [0.4, 0.5) is 11.9 Å². The summed E-state index contributed by atoms with van der Waals surface area (Å²) in [6, 6.07) is 0. The second-order valence-corrected chi connectivity index (χ2v) is 7.93. The molecule has 3 aromatic heterocycles. The van der Waals surface area contributed by atoms with Crippen LogP contribution in [-0.4, -0.2) is 70.8 Å². The van der Waals surface area contributed by atoms with Crippen molar-refractivity contribution in [2.45, 2.75) is 26.3 Å². The van der Waals surface area contributed by atoms with Crippen LogP contribution in [-0.2, 0) is 15.7 Å². The molecule has 0 saturated carbocycles. The van der Waals surface area contributed by atoms with E-state index in [0.29, 0.717) is 17.5 Å². The van der Waals surface area contributed by atoms with Gasteiger partial charge < -0.3 is 0 Å². The monoisotopic (exact) mass is 410 g/mol. The average Bonchev–Trinajstić information content (AvgIpc) is 3.33. The Morgan fingerprint density at radius 3 is 2.04 bits per heavy atom. The van der Waals surface area contributed by atoms with E-state index in [1.807, 2.05) is 0 Å². The molecule has 16 heteroatoms. The molecule has 0 amide bonds. The van der Waals surface area contributed by atoms with Crippen molar-refractivity contribution in [2.24, 2.45) is 0 Å². The molecule has 150 valence electrons. The molecule has 0 bridgehead atoms. The molecule has 28 heavy (non-hydrogen) atoms. The Morgan fingerprint density at radius 2 is 1.54 bits per heavy atom. The van der Waals surface area contributed by atoms with Crippen molar-refractivity contribution in [3.8, 4) is 0 Å². The first-order chi connectivity index (χ1) is 13.2. The highest BCUT2D eigenvalue weighted by Crippen LogP contribution is 2.32. The zero-order valence-electron chi connectivity index (χ0n) is 15.2. The highest BCUT2D eigenvalue weighted by Gasteiger charge is 2.52. The number of nitrogens with one attached hydrogen (secondary N) is 4. The Labute approximate surface area is 158 Å². The summed E-state index contributed by atoms with van der Waals surface area (Å²) in [5.74, 6) is 1.48. The van der Waals surface area contributed by atoms with Crippen LogP contribution in [0.1, 0.15) is 23.3 Å². The topological polar surface area (TPSA) is 198 Å². The smallest absolute Gasteiger partial charge is 0.279 e. The van der Waals surface area contributed by atoms with Gasteiger partial charge in [0.25, 0.3) is 22.0 Å². The average molecular weight is 410 g/mol. The molecule has 0 aromatic carbocycles. The van der Waals surface area contributed by atoms with E-state index in [2.05, 4.69) is 51.0 Å². The summed E-state index contributed by atoms with van der Waals surface area (Å²) in [6.07, 6.45) is 0. The summed E-state index contributed by atoms with van der Waals surface area (Å²) < 4.78 is 33.2. The molecule has 3 aromatic rings. The number of nitrogens with zero attached hydrogens (tertiary/aromatic N) is 8. The zero-order chi connectivity index (χ0) is 20.1. The maximum absolute atomic E-state index is 11.8. The van der Waals surface area contributed by atoms with E-state index in [4.69, 9.17) is 0 Å². The van der Waals surface area contributed by atoms with Crippen molar-refractivity contribution in [3.63, 3.8) is 0 Å². The van der Waals surface area contributed by atoms with Crippen molar-refractivity contribution in [2.75, 3.05) is 22.4 Å². The molecule has 1 unspecified atom stereocenters. The third-order valence-corrected chi connectivity index (χ3v) is 4.88. The summed E-state index contributed by atoms with van der Waals surface area (Å²) in [4.78, 5) is 12.8. The molecule has 4 rings (SSSR count). The van der Waals surface area contributed by atoms with E-state index in [-0.39, 0.29) is 24.3 Å². The Kier molecular flexibility index (Phi) is 4.05. The maximum Gasteiger partial charge on any atom is 0.279 e. The SMILES string of the molecule is Cc1nc(N2CC(CS(=O)(=O)O)(c3n[nH]c(C)n3)NN2c2n[nH]c(C)n2)n[nH]1. The molecule has 1 aliphatic rings.